The quantitative estimate of drug-likeness (QED) is 0.631. The van der Waals surface area contributed by atoms with Crippen LogP contribution in [-0.4, -0.2) is 12.7 Å². The van der Waals surface area contributed by atoms with Crippen molar-refractivity contribution in [1.82, 2.24) is 4.31 Å². The first-order valence-corrected chi connectivity index (χ1v) is 9.83. The molecule has 3 aromatic carbocycles. The predicted octanol–water partition coefficient (Wildman–Crippen LogP) is 4.62. The molecule has 1 fully saturated rings. The summed E-state index contributed by atoms with van der Waals surface area (Å²) in [5.41, 5.74) is 2.72. The molecule has 26 heavy (non-hydrogen) atoms. The predicted molar refractivity (Wildman–Crippen MR) is 98.5 cm³/mol. The van der Waals surface area contributed by atoms with Gasteiger partial charge in [0.25, 0.3) is 0 Å². The molecule has 132 valence electrons. The summed E-state index contributed by atoms with van der Waals surface area (Å²) in [5.74, 6) is -0.335. The number of rotatable bonds is 4. The van der Waals surface area contributed by atoms with Crippen molar-refractivity contribution in [2.75, 3.05) is 0 Å². The third kappa shape index (κ3) is 2.93. The number of benzene rings is 3. The molecule has 1 heterocycles. The van der Waals surface area contributed by atoms with E-state index in [9.17, 15) is 12.8 Å². The van der Waals surface area contributed by atoms with Gasteiger partial charge in [-0.15, -0.1) is 0 Å². The van der Waals surface area contributed by atoms with Crippen LogP contribution < -0.4 is 0 Å². The summed E-state index contributed by atoms with van der Waals surface area (Å²) in [4.78, 5) is 0.272. The van der Waals surface area contributed by atoms with Crippen LogP contribution >= 0.6 is 0 Å². The van der Waals surface area contributed by atoms with Gasteiger partial charge in [-0.3, -0.25) is 0 Å². The lowest BCUT2D eigenvalue weighted by Gasteiger charge is -2.07. The lowest BCUT2D eigenvalue weighted by Crippen LogP contribution is -2.13. The summed E-state index contributed by atoms with van der Waals surface area (Å²) in [5, 5.41) is 0. The highest BCUT2D eigenvalue weighted by Crippen LogP contribution is 2.57. The Hall–Kier alpha value is -2.50. The molecule has 1 aliphatic rings. The average Bonchev–Trinajstić information content (AvgIpc) is 3.40. The lowest BCUT2D eigenvalue weighted by molar-refractivity contribution is 0.547. The van der Waals surface area contributed by atoms with Gasteiger partial charge in [0, 0.05) is 0 Å². The van der Waals surface area contributed by atoms with E-state index >= 15 is 0 Å². The molecular formula is C21H18FNO2S. The average molecular weight is 367 g/mol. The van der Waals surface area contributed by atoms with Gasteiger partial charge in [-0.1, -0.05) is 60.2 Å². The van der Waals surface area contributed by atoms with E-state index in [1.54, 1.807) is 36.4 Å². The molecule has 0 radical (unpaired) electrons. The molecule has 1 aliphatic heterocycles. The zero-order valence-corrected chi connectivity index (χ0v) is 15.0. The van der Waals surface area contributed by atoms with E-state index < -0.39 is 10.0 Å². The maximum absolute atomic E-state index is 13.3. The Labute approximate surface area is 152 Å². The molecule has 1 saturated heterocycles. The molecule has 1 unspecified atom stereocenters. The number of halogens is 1. The summed E-state index contributed by atoms with van der Waals surface area (Å²) >= 11 is 0. The van der Waals surface area contributed by atoms with E-state index in [2.05, 4.69) is 0 Å². The van der Waals surface area contributed by atoms with Crippen LogP contribution in [0.25, 0.3) is 0 Å². The van der Waals surface area contributed by atoms with Crippen LogP contribution in [0.4, 0.5) is 4.39 Å². The number of sulfonamides is 1. The maximum atomic E-state index is 13.3. The number of nitrogens with zero attached hydrogens (tertiary/aromatic N) is 1. The zero-order chi connectivity index (χ0) is 18.3. The molecule has 3 atom stereocenters. The van der Waals surface area contributed by atoms with Crippen molar-refractivity contribution in [3.05, 3.63) is 101 Å². The van der Waals surface area contributed by atoms with Crippen molar-refractivity contribution in [1.29, 1.82) is 0 Å². The second-order valence-corrected chi connectivity index (χ2v) is 8.34. The minimum Gasteiger partial charge on any atom is -0.207 e. The second kappa shape index (κ2) is 6.34. The van der Waals surface area contributed by atoms with E-state index in [0.29, 0.717) is 0 Å². The van der Waals surface area contributed by atoms with Gasteiger partial charge in [0.1, 0.15) is 5.82 Å². The fraction of sp³-hybridized carbons (Fsp3) is 0.143. The van der Waals surface area contributed by atoms with Crippen LogP contribution in [0.5, 0.6) is 0 Å². The van der Waals surface area contributed by atoms with E-state index in [1.165, 1.54) is 16.4 Å². The van der Waals surface area contributed by atoms with Crippen molar-refractivity contribution >= 4 is 10.0 Å². The smallest absolute Gasteiger partial charge is 0.207 e. The van der Waals surface area contributed by atoms with Gasteiger partial charge in [0.15, 0.2) is 0 Å². The normalized spacial score (nSPS) is 22.2. The maximum Gasteiger partial charge on any atom is 0.244 e. The molecule has 0 aliphatic carbocycles. The van der Waals surface area contributed by atoms with Crippen molar-refractivity contribution in [2.24, 2.45) is 0 Å². The van der Waals surface area contributed by atoms with Crippen LogP contribution in [0.2, 0.25) is 0 Å². The minimum absolute atomic E-state index is 0.272. The third-order valence-corrected chi connectivity index (χ3v) is 6.58. The van der Waals surface area contributed by atoms with E-state index in [1.807, 2.05) is 37.3 Å². The van der Waals surface area contributed by atoms with Crippen molar-refractivity contribution < 1.29 is 12.8 Å². The highest BCUT2D eigenvalue weighted by molar-refractivity contribution is 7.89. The Bertz CT molecular complexity index is 1020. The first kappa shape index (κ1) is 16.9. The SMILES string of the molecule is Cc1ccc(S(=O)(=O)N2[C@@H](c3ccccc3)[C@@H]2c2ccc(F)cc2)cc1. The van der Waals surface area contributed by atoms with Crippen LogP contribution in [0, 0.1) is 12.7 Å². The van der Waals surface area contributed by atoms with Gasteiger partial charge in [0.05, 0.1) is 17.0 Å². The molecule has 0 amide bonds. The fourth-order valence-electron chi connectivity index (χ4n) is 3.31. The van der Waals surface area contributed by atoms with Gasteiger partial charge in [0.2, 0.25) is 10.0 Å². The van der Waals surface area contributed by atoms with Crippen LogP contribution in [0.3, 0.4) is 0 Å². The number of aryl methyl sites for hydroxylation is 1. The number of hydrogen-bond acceptors (Lipinski definition) is 2. The zero-order valence-electron chi connectivity index (χ0n) is 14.2. The molecule has 5 heteroatoms. The molecule has 4 rings (SSSR count). The Morgan fingerprint density at radius 2 is 1.31 bits per heavy atom. The summed E-state index contributed by atoms with van der Waals surface area (Å²) in [6, 6.07) is 21.8. The van der Waals surface area contributed by atoms with E-state index in [0.717, 1.165) is 16.7 Å². The summed E-state index contributed by atoms with van der Waals surface area (Å²) in [7, 11) is -3.65. The molecule has 0 spiro atoms. The molecule has 0 N–H and O–H groups in total. The summed E-state index contributed by atoms with van der Waals surface area (Å²) < 4.78 is 41.2. The largest absolute Gasteiger partial charge is 0.244 e. The Balaban J connectivity index is 1.76. The van der Waals surface area contributed by atoms with Crippen molar-refractivity contribution in [3.63, 3.8) is 0 Å². The first-order valence-electron chi connectivity index (χ1n) is 8.39. The van der Waals surface area contributed by atoms with Gasteiger partial charge >= 0.3 is 0 Å². The third-order valence-electron chi connectivity index (χ3n) is 4.71. The van der Waals surface area contributed by atoms with Crippen LogP contribution in [0.15, 0.2) is 83.8 Å². The Kier molecular flexibility index (Phi) is 4.13. The monoisotopic (exact) mass is 367 g/mol. The lowest BCUT2D eigenvalue weighted by atomic mass is 10.0. The standard InChI is InChI=1S/C21H18FNO2S/c1-15-7-13-19(14-8-15)26(24,25)23-20(16-5-3-2-4-6-16)21(23)17-9-11-18(22)12-10-17/h2-14,20-21H,1H3/t20-,21-,23?/m0/s1. The topological polar surface area (TPSA) is 37.1 Å². The molecule has 3 nitrogen and oxygen atoms in total. The first-order chi connectivity index (χ1) is 12.5. The van der Waals surface area contributed by atoms with E-state index in [4.69, 9.17) is 0 Å². The van der Waals surface area contributed by atoms with Crippen LogP contribution in [-0.2, 0) is 10.0 Å². The molecule has 0 bridgehead atoms. The number of hydrogen-bond donors (Lipinski definition) is 0. The van der Waals surface area contributed by atoms with Crippen molar-refractivity contribution in [3.8, 4) is 0 Å². The van der Waals surface area contributed by atoms with E-state index in [-0.39, 0.29) is 22.8 Å². The minimum atomic E-state index is -3.65. The van der Waals surface area contributed by atoms with Crippen molar-refractivity contribution in [2.45, 2.75) is 23.9 Å². The molecule has 3 aromatic rings. The fourth-order valence-corrected chi connectivity index (χ4v) is 5.05. The summed E-state index contributed by atoms with van der Waals surface area (Å²) in [6.07, 6.45) is 0. The molecular weight excluding hydrogens is 349 g/mol. The second-order valence-electron chi connectivity index (χ2n) is 6.50. The van der Waals surface area contributed by atoms with Crippen LogP contribution in [0.1, 0.15) is 28.8 Å². The van der Waals surface area contributed by atoms with Gasteiger partial charge < -0.3 is 0 Å². The highest BCUT2D eigenvalue weighted by Gasteiger charge is 2.56. The highest BCUT2D eigenvalue weighted by atomic mass is 32.2. The Morgan fingerprint density at radius 3 is 1.88 bits per heavy atom. The van der Waals surface area contributed by atoms with Gasteiger partial charge in [-0.2, -0.15) is 4.31 Å². The Morgan fingerprint density at radius 1 is 0.769 bits per heavy atom. The van der Waals surface area contributed by atoms with Gasteiger partial charge in [-0.05, 0) is 42.3 Å². The van der Waals surface area contributed by atoms with Gasteiger partial charge in [-0.25, -0.2) is 12.8 Å². The molecule has 0 saturated carbocycles. The summed E-state index contributed by atoms with van der Waals surface area (Å²) in [6.45, 7) is 1.92. The molecule has 0 aromatic heterocycles.